The van der Waals surface area contributed by atoms with Gasteiger partial charge in [0.2, 0.25) is 5.60 Å². The Balaban J connectivity index is 3.50. The fourth-order valence-corrected chi connectivity index (χ4v) is 1.45. The fraction of sp³-hybridized carbons (Fsp3) is 0.364. The summed E-state index contributed by atoms with van der Waals surface area (Å²) in [6, 6.07) is 2.67. The number of halogens is 4. The van der Waals surface area contributed by atoms with Crippen molar-refractivity contribution in [3.05, 3.63) is 35.1 Å². The molecule has 7 heteroatoms. The van der Waals surface area contributed by atoms with E-state index < -0.39 is 41.1 Å². The Morgan fingerprint density at radius 3 is 2.28 bits per heavy atom. The van der Waals surface area contributed by atoms with E-state index in [2.05, 4.69) is 0 Å². The zero-order valence-corrected chi connectivity index (χ0v) is 9.25. The molecule has 0 saturated heterocycles. The number of aliphatic hydroxyl groups is 2. The monoisotopic (exact) mass is 266 g/mol. The van der Waals surface area contributed by atoms with Gasteiger partial charge < -0.3 is 10.2 Å². The zero-order chi connectivity index (χ0) is 14.1. The molecule has 1 aromatic carbocycles. The molecule has 0 aliphatic carbocycles. The molecule has 0 fully saturated rings. The molecular weight excluding hydrogens is 256 g/mol. The first-order valence-electron chi connectivity index (χ1n) is 4.85. The van der Waals surface area contributed by atoms with E-state index in [9.17, 15) is 27.5 Å². The molecule has 0 aliphatic heterocycles. The molecule has 0 heterocycles. The van der Waals surface area contributed by atoms with Crippen molar-refractivity contribution >= 4 is 5.78 Å². The van der Waals surface area contributed by atoms with E-state index in [4.69, 9.17) is 5.11 Å². The van der Waals surface area contributed by atoms with Crippen molar-refractivity contribution in [3.63, 3.8) is 0 Å². The van der Waals surface area contributed by atoms with Crippen LogP contribution in [0.2, 0.25) is 0 Å². The van der Waals surface area contributed by atoms with Gasteiger partial charge >= 0.3 is 6.18 Å². The lowest BCUT2D eigenvalue weighted by molar-refractivity contribution is -0.278. The Kier molecular flexibility index (Phi) is 3.78. The van der Waals surface area contributed by atoms with Crippen molar-refractivity contribution in [1.82, 2.24) is 0 Å². The maximum Gasteiger partial charge on any atom is 0.423 e. The topological polar surface area (TPSA) is 57.5 Å². The molecule has 0 unspecified atom stereocenters. The number of hydrogen-bond acceptors (Lipinski definition) is 3. The number of hydrogen-bond donors (Lipinski definition) is 2. The van der Waals surface area contributed by atoms with Crippen LogP contribution in [0.25, 0.3) is 0 Å². The first kappa shape index (κ1) is 14.6. The van der Waals surface area contributed by atoms with E-state index in [1.807, 2.05) is 0 Å². The number of carbonyl (C=O) groups is 1. The van der Waals surface area contributed by atoms with Crippen LogP contribution in [0.4, 0.5) is 17.6 Å². The van der Waals surface area contributed by atoms with Crippen molar-refractivity contribution in [1.29, 1.82) is 0 Å². The number of ketones is 1. The highest BCUT2D eigenvalue weighted by molar-refractivity contribution is 5.94. The van der Waals surface area contributed by atoms with E-state index in [0.29, 0.717) is 6.07 Å². The van der Waals surface area contributed by atoms with Crippen LogP contribution in [0.3, 0.4) is 0 Å². The smallest absolute Gasteiger partial charge is 0.393 e. The molecule has 1 rings (SSSR count). The third kappa shape index (κ3) is 2.23. The van der Waals surface area contributed by atoms with Crippen LogP contribution in [0.1, 0.15) is 22.8 Å². The third-order valence-corrected chi connectivity index (χ3v) is 2.52. The van der Waals surface area contributed by atoms with Gasteiger partial charge in [0.1, 0.15) is 5.82 Å². The minimum Gasteiger partial charge on any atom is -0.393 e. The highest BCUT2D eigenvalue weighted by Crippen LogP contribution is 2.40. The summed E-state index contributed by atoms with van der Waals surface area (Å²) in [7, 11) is 0. The Morgan fingerprint density at radius 1 is 1.33 bits per heavy atom. The molecule has 18 heavy (non-hydrogen) atoms. The summed E-state index contributed by atoms with van der Waals surface area (Å²) >= 11 is 0. The quantitative estimate of drug-likeness (QED) is 0.647. The van der Waals surface area contributed by atoms with E-state index >= 15 is 0 Å². The second kappa shape index (κ2) is 4.66. The van der Waals surface area contributed by atoms with Gasteiger partial charge in [-0.15, -0.1) is 0 Å². The molecule has 0 bridgehead atoms. The zero-order valence-electron chi connectivity index (χ0n) is 9.25. The van der Waals surface area contributed by atoms with Crippen LogP contribution >= 0.6 is 0 Å². The summed E-state index contributed by atoms with van der Waals surface area (Å²) in [4.78, 5) is 11.0. The number of Topliss-reactive ketones (excluding diaryl/α,β-unsaturated/α-hetero) is 1. The highest BCUT2D eigenvalue weighted by atomic mass is 19.4. The molecule has 0 aromatic heterocycles. The van der Waals surface area contributed by atoms with Crippen molar-refractivity contribution in [2.24, 2.45) is 0 Å². The van der Waals surface area contributed by atoms with Gasteiger partial charge in [-0.3, -0.25) is 4.79 Å². The first-order chi connectivity index (χ1) is 8.15. The van der Waals surface area contributed by atoms with Crippen LogP contribution in [0, 0.1) is 5.82 Å². The molecule has 3 nitrogen and oxygen atoms in total. The average Bonchev–Trinajstić information content (AvgIpc) is 2.26. The Hall–Kier alpha value is -1.47. The number of rotatable bonds is 3. The van der Waals surface area contributed by atoms with E-state index in [1.54, 1.807) is 0 Å². The van der Waals surface area contributed by atoms with Gasteiger partial charge in [-0.2, -0.15) is 13.2 Å². The lowest BCUT2D eigenvalue weighted by Gasteiger charge is -2.29. The minimum atomic E-state index is -5.27. The van der Waals surface area contributed by atoms with Crippen LogP contribution in [0.5, 0.6) is 0 Å². The molecule has 0 spiro atoms. The maximum absolute atomic E-state index is 13.7. The van der Waals surface area contributed by atoms with Crippen molar-refractivity contribution in [3.8, 4) is 0 Å². The van der Waals surface area contributed by atoms with Crippen molar-refractivity contribution in [2.45, 2.75) is 18.7 Å². The number of alkyl halides is 3. The summed E-state index contributed by atoms with van der Waals surface area (Å²) < 4.78 is 51.7. The van der Waals surface area contributed by atoms with E-state index in [1.165, 1.54) is 0 Å². The molecule has 100 valence electrons. The summed E-state index contributed by atoms with van der Waals surface area (Å²) in [6.07, 6.45) is -5.27. The second-order valence-electron chi connectivity index (χ2n) is 3.74. The van der Waals surface area contributed by atoms with E-state index in [-0.39, 0.29) is 0 Å². The number of carbonyl (C=O) groups excluding carboxylic acids is 1. The molecule has 0 aliphatic rings. The molecule has 0 radical (unpaired) electrons. The largest absolute Gasteiger partial charge is 0.423 e. The van der Waals surface area contributed by atoms with Gasteiger partial charge in [-0.25, -0.2) is 4.39 Å². The Labute approximate surface area is 99.7 Å². The molecule has 0 amide bonds. The normalized spacial score (nSPS) is 15.3. The minimum absolute atomic E-state index is 0.580. The number of benzene rings is 1. The van der Waals surface area contributed by atoms with Gasteiger partial charge in [-0.05, 0) is 13.0 Å². The lowest BCUT2D eigenvalue weighted by Crippen LogP contribution is -2.46. The predicted octanol–water partition coefficient (Wildman–Crippen LogP) is 1.77. The Bertz CT molecular complexity index is 470. The predicted molar refractivity (Wildman–Crippen MR) is 53.4 cm³/mol. The SMILES string of the molecule is CC(=O)c1cccc([C@](O)(CO)C(F)(F)F)c1F. The van der Waals surface area contributed by atoms with Gasteiger partial charge in [0.05, 0.1) is 12.2 Å². The van der Waals surface area contributed by atoms with Crippen LogP contribution in [-0.2, 0) is 5.60 Å². The molecule has 0 saturated carbocycles. The van der Waals surface area contributed by atoms with Gasteiger partial charge in [0.15, 0.2) is 5.78 Å². The van der Waals surface area contributed by atoms with Gasteiger partial charge in [0, 0.05) is 5.56 Å². The van der Waals surface area contributed by atoms with Gasteiger partial charge in [0.25, 0.3) is 0 Å². The van der Waals surface area contributed by atoms with E-state index in [0.717, 1.165) is 19.1 Å². The summed E-state index contributed by atoms with van der Waals surface area (Å²) in [6.45, 7) is -0.761. The molecule has 2 N–H and O–H groups in total. The second-order valence-corrected chi connectivity index (χ2v) is 3.74. The maximum atomic E-state index is 13.7. The average molecular weight is 266 g/mol. The first-order valence-corrected chi connectivity index (χ1v) is 4.85. The highest BCUT2D eigenvalue weighted by Gasteiger charge is 2.56. The molecule has 1 aromatic rings. The summed E-state index contributed by atoms with van der Waals surface area (Å²) in [5, 5.41) is 18.1. The number of aliphatic hydroxyl groups excluding tert-OH is 1. The summed E-state index contributed by atoms with van der Waals surface area (Å²) in [5.74, 6) is -2.27. The lowest BCUT2D eigenvalue weighted by atomic mass is 9.91. The van der Waals surface area contributed by atoms with Crippen LogP contribution < -0.4 is 0 Å². The fourth-order valence-electron chi connectivity index (χ4n) is 1.45. The van der Waals surface area contributed by atoms with Gasteiger partial charge in [-0.1, -0.05) is 12.1 Å². The van der Waals surface area contributed by atoms with Crippen molar-refractivity contribution < 1.29 is 32.6 Å². The molecule has 1 atom stereocenters. The van der Waals surface area contributed by atoms with Crippen molar-refractivity contribution in [2.75, 3.05) is 6.61 Å². The summed E-state index contributed by atoms with van der Waals surface area (Å²) in [5.41, 5.74) is -5.49. The Morgan fingerprint density at radius 2 is 1.89 bits per heavy atom. The van der Waals surface area contributed by atoms with Crippen LogP contribution in [-0.4, -0.2) is 28.8 Å². The third-order valence-electron chi connectivity index (χ3n) is 2.52. The standard InChI is InChI=1S/C11H10F4O3/c1-6(17)7-3-2-4-8(9(7)12)10(18,5-16)11(13,14)15/h2-4,16,18H,5H2,1H3/t10-/m1/s1. The molecular formula is C11H10F4O3. The van der Waals surface area contributed by atoms with Crippen LogP contribution in [0.15, 0.2) is 18.2 Å².